The predicted octanol–water partition coefficient (Wildman–Crippen LogP) is -0.590. The summed E-state index contributed by atoms with van der Waals surface area (Å²) in [7, 11) is -2.93. The minimum atomic E-state index is -2.93. The van der Waals surface area contributed by atoms with E-state index in [0.29, 0.717) is 18.9 Å². The molecular formula is C9H11N3O4S. The number of hydrogen-bond donors (Lipinski definition) is 1. The van der Waals surface area contributed by atoms with Gasteiger partial charge in [-0.05, 0) is 0 Å². The number of carbonyl (C=O) groups is 1. The SMILES string of the molecule is O=C(O)c1cnc(N2CCS(=O)(=O)CC2)cn1. The largest absolute Gasteiger partial charge is 0.476 e. The number of aromatic nitrogens is 2. The first-order valence-electron chi connectivity index (χ1n) is 4.99. The molecule has 8 heteroatoms. The van der Waals surface area contributed by atoms with Gasteiger partial charge in [0.25, 0.3) is 0 Å². The number of anilines is 1. The summed E-state index contributed by atoms with van der Waals surface area (Å²) in [4.78, 5) is 20.1. The summed E-state index contributed by atoms with van der Waals surface area (Å²) in [6.07, 6.45) is 2.52. The Labute approximate surface area is 98.0 Å². The zero-order chi connectivity index (χ0) is 12.5. The number of rotatable bonds is 2. The van der Waals surface area contributed by atoms with E-state index >= 15 is 0 Å². The standard InChI is InChI=1S/C9H11N3O4S/c13-9(14)7-5-11-8(6-10-7)12-1-3-17(15,16)4-2-12/h5-6H,1-4H2,(H,13,14). The molecule has 1 aliphatic rings. The molecule has 0 unspecified atom stereocenters. The van der Waals surface area contributed by atoms with Gasteiger partial charge < -0.3 is 10.0 Å². The lowest BCUT2D eigenvalue weighted by molar-refractivity contribution is 0.0690. The van der Waals surface area contributed by atoms with Gasteiger partial charge in [-0.2, -0.15) is 0 Å². The molecule has 0 radical (unpaired) electrons. The Kier molecular flexibility index (Phi) is 2.97. The van der Waals surface area contributed by atoms with E-state index in [2.05, 4.69) is 9.97 Å². The van der Waals surface area contributed by atoms with E-state index in [1.165, 1.54) is 12.4 Å². The molecular weight excluding hydrogens is 246 g/mol. The highest BCUT2D eigenvalue weighted by Crippen LogP contribution is 2.13. The molecule has 1 aromatic rings. The van der Waals surface area contributed by atoms with Gasteiger partial charge in [0.15, 0.2) is 15.5 Å². The van der Waals surface area contributed by atoms with Gasteiger partial charge >= 0.3 is 5.97 Å². The van der Waals surface area contributed by atoms with E-state index in [1.54, 1.807) is 4.90 Å². The van der Waals surface area contributed by atoms with Crippen molar-refractivity contribution in [2.24, 2.45) is 0 Å². The molecule has 0 aliphatic carbocycles. The van der Waals surface area contributed by atoms with Crippen LogP contribution in [0.4, 0.5) is 5.82 Å². The quantitative estimate of drug-likeness (QED) is 0.755. The average molecular weight is 257 g/mol. The van der Waals surface area contributed by atoms with Crippen molar-refractivity contribution in [2.45, 2.75) is 0 Å². The second kappa shape index (κ2) is 4.28. The van der Waals surface area contributed by atoms with Crippen LogP contribution in [0, 0.1) is 0 Å². The number of nitrogens with zero attached hydrogens (tertiary/aromatic N) is 3. The van der Waals surface area contributed by atoms with Crippen LogP contribution in [0.1, 0.15) is 10.5 Å². The molecule has 1 aromatic heterocycles. The third kappa shape index (κ3) is 2.70. The van der Waals surface area contributed by atoms with Crippen LogP contribution >= 0.6 is 0 Å². The van der Waals surface area contributed by atoms with E-state index in [9.17, 15) is 13.2 Å². The molecule has 1 N–H and O–H groups in total. The molecule has 2 rings (SSSR count). The Morgan fingerprint density at radius 3 is 2.35 bits per heavy atom. The first kappa shape index (κ1) is 11.8. The fourth-order valence-electron chi connectivity index (χ4n) is 1.54. The van der Waals surface area contributed by atoms with E-state index in [-0.39, 0.29) is 17.2 Å². The van der Waals surface area contributed by atoms with Crippen LogP contribution in [0.3, 0.4) is 0 Å². The molecule has 0 amide bonds. The average Bonchev–Trinajstić information content (AvgIpc) is 2.29. The highest BCUT2D eigenvalue weighted by atomic mass is 32.2. The molecule has 7 nitrogen and oxygen atoms in total. The Morgan fingerprint density at radius 2 is 1.88 bits per heavy atom. The number of carboxylic acid groups (broad SMARTS) is 1. The zero-order valence-electron chi connectivity index (χ0n) is 8.90. The first-order valence-corrected chi connectivity index (χ1v) is 6.81. The minimum Gasteiger partial charge on any atom is -0.476 e. The van der Waals surface area contributed by atoms with Gasteiger partial charge in [-0.1, -0.05) is 0 Å². The zero-order valence-corrected chi connectivity index (χ0v) is 9.72. The van der Waals surface area contributed by atoms with Crippen molar-refractivity contribution < 1.29 is 18.3 Å². The Balaban J connectivity index is 2.11. The third-order valence-corrected chi connectivity index (χ3v) is 4.13. The number of aromatic carboxylic acids is 1. The highest BCUT2D eigenvalue weighted by molar-refractivity contribution is 7.91. The number of sulfone groups is 1. The van der Waals surface area contributed by atoms with Crippen LogP contribution in [-0.2, 0) is 9.84 Å². The van der Waals surface area contributed by atoms with Crippen molar-refractivity contribution in [3.8, 4) is 0 Å². The number of carboxylic acids is 1. The van der Waals surface area contributed by atoms with Gasteiger partial charge in [-0.3, -0.25) is 0 Å². The molecule has 0 saturated carbocycles. The molecule has 0 spiro atoms. The van der Waals surface area contributed by atoms with Crippen LogP contribution in [0.5, 0.6) is 0 Å². The molecule has 1 fully saturated rings. The first-order chi connectivity index (χ1) is 7.98. The Morgan fingerprint density at radius 1 is 1.24 bits per heavy atom. The summed E-state index contributed by atoms with van der Waals surface area (Å²) >= 11 is 0. The summed E-state index contributed by atoms with van der Waals surface area (Å²) in [6, 6.07) is 0. The van der Waals surface area contributed by atoms with Crippen molar-refractivity contribution >= 4 is 21.6 Å². The molecule has 0 aromatic carbocycles. The smallest absolute Gasteiger partial charge is 0.356 e. The minimum absolute atomic E-state index is 0.0926. The molecule has 17 heavy (non-hydrogen) atoms. The summed E-state index contributed by atoms with van der Waals surface area (Å²) in [6.45, 7) is 0.729. The summed E-state index contributed by atoms with van der Waals surface area (Å²) < 4.78 is 22.5. The summed E-state index contributed by atoms with van der Waals surface area (Å²) in [5, 5.41) is 8.66. The van der Waals surface area contributed by atoms with Gasteiger partial charge in [-0.25, -0.2) is 23.2 Å². The van der Waals surface area contributed by atoms with Crippen LogP contribution in [0.25, 0.3) is 0 Å². The summed E-state index contributed by atoms with van der Waals surface area (Å²) in [5.74, 6) is -0.444. The predicted molar refractivity (Wildman–Crippen MR) is 59.9 cm³/mol. The van der Waals surface area contributed by atoms with Crippen LogP contribution in [0.15, 0.2) is 12.4 Å². The van der Waals surface area contributed by atoms with Crippen molar-refractivity contribution in [1.29, 1.82) is 0 Å². The molecule has 92 valence electrons. The Hall–Kier alpha value is -1.70. The van der Waals surface area contributed by atoms with Crippen molar-refractivity contribution in [3.63, 3.8) is 0 Å². The lowest BCUT2D eigenvalue weighted by atomic mass is 10.4. The van der Waals surface area contributed by atoms with Crippen molar-refractivity contribution in [2.75, 3.05) is 29.5 Å². The van der Waals surface area contributed by atoms with Gasteiger partial charge in [-0.15, -0.1) is 0 Å². The monoisotopic (exact) mass is 257 g/mol. The van der Waals surface area contributed by atoms with Gasteiger partial charge in [0.05, 0.1) is 23.9 Å². The van der Waals surface area contributed by atoms with Gasteiger partial charge in [0.2, 0.25) is 0 Å². The van der Waals surface area contributed by atoms with Gasteiger partial charge in [0.1, 0.15) is 5.82 Å². The third-order valence-electron chi connectivity index (χ3n) is 2.53. The Bertz CT molecular complexity index is 512. The molecule has 0 atom stereocenters. The normalized spacial score (nSPS) is 18.9. The molecule has 2 heterocycles. The van der Waals surface area contributed by atoms with E-state index < -0.39 is 15.8 Å². The maximum absolute atomic E-state index is 11.2. The van der Waals surface area contributed by atoms with Crippen LogP contribution in [-0.4, -0.2) is 54.1 Å². The van der Waals surface area contributed by atoms with Crippen LogP contribution < -0.4 is 4.90 Å². The number of hydrogen-bond acceptors (Lipinski definition) is 6. The fraction of sp³-hybridized carbons (Fsp3) is 0.444. The maximum atomic E-state index is 11.2. The lowest BCUT2D eigenvalue weighted by Gasteiger charge is -2.27. The second-order valence-electron chi connectivity index (χ2n) is 3.70. The van der Waals surface area contributed by atoms with Crippen LogP contribution in [0.2, 0.25) is 0 Å². The van der Waals surface area contributed by atoms with Crippen molar-refractivity contribution in [3.05, 3.63) is 18.1 Å². The van der Waals surface area contributed by atoms with Gasteiger partial charge in [0, 0.05) is 13.1 Å². The summed E-state index contributed by atoms with van der Waals surface area (Å²) in [5.41, 5.74) is -0.126. The highest BCUT2D eigenvalue weighted by Gasteiger charge is 2.22. The second-order valence-corrected chi connectivity index (χ2v) is 6.01. The van der Waals surface area contributed by atoms with E-state index in [4.69, 9.17) is 5.11 Å². The molecule has 1 aliphatic heterocycles. The maximum Gasteiger partial charge on any atom is 0.356 e. The lowest BCUT2D eigenvalue weighted by Crippen LogP contribution is -2.40. The van der Waals surface area contributed by atoms with E-state index in [0.717, 1.165) is 0 Å². The fourth-order valence-corrected chi connectivity index (χ4v) is 2.74. The topological polar surface area (TPSA) is 100 Å². The molecule has 1 saturated heterocycles. The molecule has 0 bridgehead atoms. The van der Waals surface area contributed by atoms with Crippen molar-refractivity contribution in [1.82, 2.24) is 9.97 Å². The van der Waals surface area contributed by atoms with E-state index in [1.807, 2.05) is 0 Å².